The first-order valence-electron chi connectivity index (χ1n) is 9.93. The van der Waals surface area contributed by atoms with Crippen molar-refractivity contribution in [1.29, 1.82) is 0 Å². The molecule has 0 radical (unpaired) electrons. The maximum absolute atomic E-state index is 12.6. The highest BCUT2D eigenvalue weighted by molar-refractivity contribution is 5.73. The quantitative estimate of drug-likeness (QED) is 0.577. The van der Waals surface area contributed by atoms with Gasteiger partial charge in [-0.25, -0.2) is 0 Å². The van der Waals surface area contributed by atoms with Gasteiger partial charge in [-0.1, -0.05) is 67.6 Å². The third kappa shape index (κ3) is 3.72. The first kappa shape index (κ1) is 18.5. The average molecular weight is 374 g/mol. The molecule has 144 valence electrons. The number of aromatic nitrogens is 2. The summed E-state index contributed by atoms with van der Waals surface area (Å²) in [4.78, 5) is 12.6. The van der Waals surface area contributed by atoms with E-state index in [2.05, 4.69) is 35.8 Å². The fourth-order valence-electron chi connectivity index (χ4n) is 4.26. The third-order valence-corrected chi connectivity index (χ3v) is 5.84. The number of rotatable bonds is 5. The normalized spacial score (nSPS) is 21.6. The molecule has 1 aliphatic rings. The van der Waals surface area contributed by atoms with Gasteiger partial charge in [0.2, 0.25) is 0 Å². The van der Waals surface area contributed by atoms with Gasteiger partial charge in [-0.2, -0.15) is 5.10 Å². The van der Waals surface area contributed by atoms with E-state index in [1.807, 2.05) is 54.7 Å². The van der Waals surface area contributed by atoms with Gasteiger partial charge in [-0.3, -0.25) is 9.48 Å². The van der Waals surface area contributed by atoms with Gasteiger partial charge in [0.05, 0.1) is 18.2 Å². The van der Waals surface area contributed by atoms with Crippen LogP contribution in [0.2, 0.25) is 0 Å². The lowest BCUT2D eigenvalue weighted by atomic mass is 10.0. The minimum absolute atomic E-state index is 0.0625. The second kappa shape index (κ2) is 8.01. The SMILES string of the molecule is Cc1c(-c2ccccc2)cnn1[C@@H]1CC(C(=O)OCc2ccccc2)C[C@H]1C. The summed E-state index contributed by atoms with van der Waals surface area (Å²) in [5.41, 5.74) is 4.51. The molecule has 1 aliphatic carbocycles. The summed E-state index contributed by atoms with van der Waals surface area (Å²) in [7, 11) is 0. The second-order valence-corrected chi connectivity index (χ2v) is 7.76. The Morgan fingerprint density at radius 3 is 2.46 bits per heavy atom. The summed E-state index contributed by atoms with van der Waals surface area (Å²) >= 11 is 0. The van der Waals surface area contributed by atoms with Crippen molar-refractivity contribution in [1.82, 2.24) is 9.78 Å². The summed E-state index contributed by atoms with van der Waals surface area (Å²) in [6, 6.07) is 20.4. The highest BCUT2D eigenvalue weighted by atomic mass is 16.5. The Hall–Kier alpha value is -2.88. The number of ether oxygens (including phenoxy) is 1. The van der Waals surface area contributed by atoms with Crippen molar-refractivity contribution in [3.63, 3.8) is 0 Å². The molecule has 4 rings (SSSR count). The largest absolute Gasteiger partial charge is 0.461 e. The molecule has 1 heterocycles. The molecule has 3 aromatic rings. The molecule has 1 saturated carbocycles. The van der Waals surface area contributed by atoms with Crippen molar-refractivity contribution in [3.05, 3.63) is 78.1 Å². The van der Waals surface area contributed by atoms with E-state index in [-0.39, 0.29) is 17.9 Å². The van der Waals surface area contributed by atoms with Crippen LogP contribution in [0.15, 0.2) is 66.9 Å². The molecule has 1 unspecified atom stereocenters. The number of nitrogens with zero attached hydrogens (tertiary/aromatic N) is 2. The van der Waals surface area contributed by atoms with Gasteiger partial charge in [-0.05, 0) is 36.8 Å². The second-order valence-electron chi connectivity index (χ2n) is 7.76. The molecular formula is C24H26N2O2. The molecule has 2 aromatic carbocycles. The van der Waals surface area contributed by atoms with E-state index in [0.717, 1.165) is 29.7 Å². The fourth-order valence-corrected chi connectivity index (χ4v) is 4.26. The van der Waals surface area contributed by atoms with Crippen LogP contribution in [-0.2, 0) is 16.1 Å². The van der Waals surface area contributed by atoms with E-state index < -0.39 is 0 Å². The van der Waals surface area contributed by atoms with Gasteiger partial charge >= 0.3 is 5.97 Å². The standard InChI is InChI=1S/C24H26N2O2/c1-17-13-21(24(27)28-16-19-9-5-3-6-10-19)14-23(17)26-18(2)22(15-25-26)20-11-7-4-8-12-20/h3-12,15,17,21,23H,13-14,16H2,1-2H3/t17-,21?,23-/m1/s1. The maximum atomic E-state index is 12.6. The Balaban J connectivity index is 1.44. The molecule has 0 bridgehead atoms. The average Bonchev–Trinajstić information content (AvgIpc) is 3.30. The predicted octanol–water partition coefficient (Wildman–Crippen LogP) is 5.19. The third-order valence-electron chi connectivity index (χ3n) is 5.84. The summed E-state index contributed by atoms with van der Waals surface area (Å²) < 4.78 is 7.69. The zero-order valence-corrected chi connectivity index (χ0v) is 16.4. The van der Waals surface area contributed by atoms with Crippen LogP contribution in [-0.4, -0.2) is 15.7 Å². The van der Waals surface area contributed by atoms with Crippen LogP contribution >= 0.6 is 0 Å². The molecule has 1 aromatic heterocycles. The molecule has 1 fully saturated rings. The Labute approximate surface area is 166 Å². The number of benzene rings is 2. The van der Waals surface area contributed by atoms with E-state index in [4.69, 9.17) is 4.74 Å². The molecule has 4 nitrogen and oxygen atoms in total. The molecular weight excluding hydrogens is 348 g/mol. The maximum Gasteiger partial charge on any atom is 0.309 e. The lowest BCUT2D eigenvalue weighted by Crippen LogP contribution is -2.17. The molecule has 4 heteroatoms. The Morgan fingerprint density at radius 1 is 1.07 bits per heavy atom. The van der Waals surface area contributed by atoms with Crippen molar-refractivity contribution in [2.75, 3.05) is 0 Å². The molecule has 0 spiro atoms. The minimum Gasteiger partial charge on any atom is -0.461 e. The van der Waals surface area contributed by atoms with Crippen LogP contribution in [0.25, 0.3) is 11.1 Å². The summed E-state index contributed by atoms with van der Waals surface area (Å²) in [6.45, 7) is 4.66. The van der Waals surface area contributed by atoms with Crippen molar-refractivity contribution in [2.45, 2.75) is 39.3 Å². The predicted molar refractivity (Wildman–Crippen MR) is 110 cm³/mol. The number of carbonyl (C=O) groups excluding carboxylic acids is 1. The van der Waals surface area contributed by atoms with E-state index in [0.29, 0.717) is 12.5 Å². The molecule has 28 heavy (non-hydrogen) atoms. The molecule has 0 saturated heterocycles. The molecule has 0 N–H and O–H groups in total. The highest BCUT2D eigenvalue weighted by Crippen LogP contribution is 2.41. The molecule has 0 amide bonds. The van der Waals surface area contributed by atoms with Crippen LogP contribution in [0.5, 0.6) is 0 Å². The van der Waals surface area contributed by atoms with E-state index in [1.165, 1.54) is 5.56 Å². The van der Waals surface area contributed by atoms with Gasteiger partial charge in [0.25, 0.3) is 0 Å². The van der Waals surface area contributed by atoms with E-state index in [9.17, 15) is 4.79 Å². The van der Waals surface area contributed by atoms with Gasteiger partial charge in [0.1, 0.15) is 6.61 Å². The Kier molecular flexibility index (Phi) is 5.29. The zero-order chi connectivity index (χ0) is 19.5. The van der Waals surface area contributed by atoms with Crippen LogP contribution in [0.3, 0.4) is 0 Å². The van der Waals surface area contributed by atoms with Crippen LogP contribution in [0, 0.1) is 18.8 Å². The lowest BCUT2D eigenvalue weighted by molar-refractivity contribution is -0.149. The topological polar surface area (TPSA) is 44.1 Å². The molecule has 3 atom stereocenters. The smallest absolute Gasteiger partial charge is 0.309 e. The van der Waals surface area contributed by atoms with E-state index >= 15 is 0 Å². The zero-order valence-electron chi connectivity index (χ0n) is 16.4. The van der Waals surface area contributed by atoms with E-state index in [1.54, 1.807) is 0 Å². The van der Waals surface area contributed by atoms with Gasteiger partial charge in [0, 0.05) is 11.3 Å². The van der Waals surface area contributed by atoms with Gasteiger partial charge < -0.3 is 4.74 Å². The Morgan fingerprint density at radius 2 is 1.75 bits per heavy atom. The molecule has 0 aliphatic heterocycles. The lowest BCUT2D eigenvalue weighted by Gasteiger charge is -2.18. The fraction of sp³-hybridized carbons (Fsp3) is 0.333. The van der Waals surface area contributed by atoms with Gasteiger partial charge in [0.15, 0.2) is 0 Å². The van der Waals surface area contributed by atoms with Crippen LogP contribution < -0.4 is 0 Å². The summed E-state index contributed by atoms with van der Waals surface area (Å²) in [6.07, 6.45) is 3.57. The summed E-state index contributed by atoms with van der Waals surface area (Å²) in [5.74, 6) is 0.232. The first-order valence-corrected chi connectivity index (χ1v) is 9.93. The van der Waals surface area contributed by atoms with Crippen molar-refractivity contribution >= 4 is 5.97 Å². The van der Waals surface area contributed by atoms with Crippen molar-refractivity contribution in [3.8, 4) is 11.1 Å². The van der Waals surface area contributed by atoms with Crippen LogP contribution in [0.1, 0.15) is 37.1 Å². The van der Waals surface area contributed by atoms with Crippen LogP contribution in [0.4, 0.5) is 0 Å². The monoisotopic (exact) mass is 374 g/mol. The first-order chi connectivity index (χ1) is 13.6. The van der Waals surface area contributed by atoms with Gasteiger partial charge in [-0.15, -0.1) is 0 Å². The number of hydrogen-bond acceptors (Lipinski definition) is 3. The van der Waals surface area contributed by atoms with Crippen molar-refractivity contribution < 1.29 is 9.53 Å². The number of hydrogen-bond donors (Lipinski definition) is 0. The summed E-state index contributed by atoms with van der Waals surface area (Å²) in [5, 5.41) is 4.68. The van der Waals surface area contributed by atoms with Crippen molar-refractivity contribution in [2.24, 2.45) is 11.8 Å². The number of esters is 1. The highest BCUT2D eigenvalue weighted by Gasteiger charge is 2.38. The Bertz CT molecular complexity index is 934. The number of carbonyl (C=O) groups is 1. The minimum atomic E-state index is -0.0914.